The van der Waals surface area contributed by atoms with E-state index in [0.29, 0.717) is 0 Å². The topological polar surface area (TPSA) is 98.8 Å². The van der Waals surface area contributed by atoms with Gasteiger partial charge < -0.3 is 20.5 Å². The molecule has 0 saturated carbocycles. The number of hydrogen-bond acceptors (Lipinski definition) is 6. The highest BCUT2D eigenvalue weighted by Crippen LogP contribution is 2.41. The van der Waals surface area contributed by atoms with Gasteiger partial charge in [0.2, 0.25) is 5.60 Å². The molecule has 184 valence electrons. The first-order valence-corrected chi connectivity index (χ1v) is 9.75. The van der Waals surface area contributed by atoms with Crippen molar-refractivity contribution in [2.75, 3.05) is 11.9 Å². The van der Waals surface area contributed by atoms with Gasteiger partial charge in [0.25, 0.3) is 5.91 Å². The maximum atomic E-state index is 14.6. The summed E-state index contributed by atoms with van der Waals surface area (Å²) in [7, 11) is 0. The van der Waals surface area contributed by atoms with Gasteiger partial charge in [-0.3, -0.25) is 9.79 Å². The van der Waals surface area contributed by atoms with Crippen molar-refractivity contribution in [2.24, 2.45) is 10.7 Å². The number of rotatable bonds is 5. The fraction of sp³-hybridized carbons (Fsp3) is 0.381. The van der Waals surface area contributed by atoms with Crippen molar-refractivity contribution >= 4 is 17.4 Å². The lowest BCUT2D eigenvalue weighted by molar-refractivity contribution is -0.249. The smallest absolute Gasteiger partial charge is 0.424 e. The summed E-state index contributed by atoms with van der Waals surface area (Å²) in [6.07, 6.45) is -3.89. The van der Waals surface area contributed by atoms with E-state index >= 15 is 0 Å². The number of nitrogens with one attached hydrogen (secondary N) is 1. The number of aryl methyl sites for hydroxylation is 1. The molecule has 1 aliphatic rings. The predicted octanol–water partition coefficient (Wildman–Crippen LogP) is 4.31. The van der Waals surface area contributed by atoms with E-state index in [4.69, 9.17) is 10.5 Å². The molecular weight excluding hydrogens is 470 g/mol. The van der Waals surface area contributed by atoms with E-state index in [9.17, 15) is 31.1 Å². The molecule has 0 saturated heterocycles. The van der Waals surface area contributed by atoms with E-state index in [1.165, 1.54) is 32.0 Å². The van der Waals surface area contributed by atoms with E-state index in [0.717, 1.165) is 19.2 Å². The number of anilines is 1. The maximum absolute atomic E-state index is 14.6. The van der Waals surface area contributed by atoms with Gasteiger partial charge in [-0.15, -0.1) is 0 Å². The summed E-state index contributed by atoms with van der Waals surface area (Å²) in [5.41, 5.74) is 1.17. The van der Waals surface area contributed by atoms with Crippen LogP contribution in [0.4, 0.5) is 32.0 Å². The van der Waals surface area contributed by atoms with Crippen molar-refractivity contribution in [1.82, 2.24) is 4.98 Å². The second kappa shape index (κ2) is 8.78. The lowest BCUT2D eigenvalue weighted by Gasteiger charge is -2.41. The summed E-state index contributed by atoms with van der Waals surface area (Å²) >= 11 is 0. The number of aromatic nitrogens is 1. The van der Waals surface area contributed by atoms with Crippen molar-refractivity contribution in [2.45, 2.75) is 44.7 Å². The summed E-state index contributed by atoms with van der Waals surface area (Å²) in [5, 5.41) is 2.48. The molecule has 1 aromatic heterocycles. The molecule has 13 heteroatoms. The number of pyridine rings is 1. The van der Waals surface area contributed by atoms with Crippen molar-refractivity contribution in [3.63, 3.8) is 0 Å². The van der Waals surface area contributed by atoms with Crippen LogP contribution in [0.3, 0.4) is 0 Å². The zero-order chi connectivity index (χ0) is 25.5. The van der Waals surface area contributed by atoms with Gasteiger partial charge in [0, 0.05) is 11.3 Å². The Morgan fingerprint density at radius 1 is 1.26 bits per heavy atom. The minimum atomic E-state index is -4.84. The zero-order valence-electron chi connectivity index (χ0n) is 18.1. The SMILES string of the molecule is Cc1cc(OC(F)F)cnc1C(=O)Nc1ccc(F)c([C@]2(C)CO[C@@](C)(C(F)(F)F)C(N)=N2)c1. The van der Waals surface area contributed by atoms with Crippen molar-refractivity contribution in [3.05, 3.63) is 53.1 Å². The van der Waals surface area contributed by atoms with Crippen LogP contribution in [0, 0.1) is 12.7 Å². The Morgan fingerprint density at radius 3 is 2.50 bits per heavy atom. The Hall–Kier alpha value is -3.35. The Labute approximate surface area is 190 Å². The minimum absolute atomic E-state index is 0.0784. The normalized spacial score (nSPS) is 22.9. The van der Waals surface area contributed by atoms with E-state index < -0.39 is 48.1 Å². The standard InChI is InChI=1S/C21H20F6N4O3/c1-10-6-12(34-18(23)24)8-29-15(10)16(32)30-11-4-5-14(22)13(7-11)19(2)9-33-20(3,17(28)31-19)21(25,26)27/h4-8,18H,9H2,1-3H3,(H2,28,31)(H,30,32)/t19-,20+/m0/s1. The highest BCUT2D eigenvalue weighted by Gasteiger charge is 2.59. The second-order valence-electron chi connectivity index (χ2n) is 7.95. The molecule has 7 nitrogen and oxygen atoms in total. The lowest BCUT2D eigenvalue weighted by atomic mass is 9.89. The second-order valence-corrected chi connectivity index (χ2v) is 7.95. The Balaban J connectivity index is 1.88. The molecule has 0 spiro atoms. The van der Waals surface area contributed by atoms with Crippen molar-refractivity contribution in [3.8, 4) is 5.75 Å². The third-order valence-electron chi connectivity index (χ3n) is 5.34. The van der Waals surface area contributed by atoms with Crippen LogP contribution in [-0.2, 0) is 10.3 Å². The summed E-state index contributed by atoms with van der Waals surface area (Å²) in [6.45, 7) is -0.177. The van der Waals surface area contributed by atoms with Gasteiger partial charge in [0.05, 0.1) is 12.8 Å². The van der Waals surface area contributed by atoms with Crippen LogP contribution in [0.1, 0.15) is 35.5 Å². The van der Waals surface area contributed by atoms with Gasteiger partial charge >= 0.3 is 12.8 Å². The van der Waals surface area contributed by atoms with Gasteiger partial charge in [-0.05, 0) is 50.6 Å². The van der Waals surface area contributed by atoms with Gasteiger partial charge in [-0.1, -0.05) is 0 Å². The van der Waals surface area contributed by atoms with Crippen LogP contribution in [0.15, 0.2) is 35.5 Å². The van der Waals surface area contributed by atoms with Crippen LogP contribution >= 0.6 is 0 Å². The van der Waals surface area contributed by atoms with Crippen LogP contribution < -0.4 is 15.8 Å². The fourth-order valence-electron chi connectivity index (χ4n) is 3.29. The molecular formula is C21H20F6N4O3. The first kappa shape index (κ1) is 25.3. The quantitative estimate of drug-likeness (QED) is 0.609. The van der Waals surface area contributed by atoms with E-state index in [-0.39, 0.29) is 28.3 Å². The summed E-state index contributed by atoms with van der Waals surface area (Å²) in [4.78, 5) is 20.3. The molecule has 2 atom stereocenters. The van der Waals surface area contributed by atoms with E-state index in [1.54, 1.807) is 0 Å². The van der Waals surface area contributed by atoms with Gasteiger partial charge in [0.15, 0.2) is 0 Å². The molecule has 1 aromatic carbocycles. The first-order valence-electron chi connectivity index (χ1n) is 9.75. The average molecular weight is 490 g/mol. The lowest BCUT2D eigenvalue weighted by Crippen LogP contribution is -2.60. The number of carbonyl (C=O) groups excluding carboxylic acids is 1. The number of benzene rings is 1. The number of carbonyl (C=O) groups is 1. The molecule has 34 heavy (non-hydrogen) atoms. The molecule has 2 aromatic rings. The molecule has 3 N–H and O–H groups in total. The molecule has 1 aliphatic heterocycles. The zero-order valence-corrected chi connectivity index (χ0v) is 18.1. The summed E-state index contributed by atoms with van der Waals surface area (Å²) in [6, 6.07) is 4.60. The van der Waals surface area contributed by atoms with Gasteiger partial charge in [-0.2, -0.15) is 22.0 Å². The number of amidine groups is 1. The number of aliphatic imine (C=N–C) groups is 1. The average Bonchev–Trinajstić information content (AvgIpc) is 2.71. The summed E-state index contributed by atoms with van der Waals surface area (Å²) < 4.78 is 88.6. The monoisotopic (exact) mass is 490 g/mol. The van der Waals surface area contributed by atoms with Gasteiger partial charge in [-0.25, -0.2) is 9.37 Å². The highest BCUT2D eigenvalue weighted by atomic mass is 19.4. The molecule has 0 unspecified atom stereocenters. The Morgan fingerprint density at radius 2 is 1.94 bits per heavy atom. The molecule has 3 rings (SSSR count). The van der Waals surface area contributed by atoms with E-state index in [1.807, 2.05) is 0 Å². The fourth-order valence-corrected chi connectivity index (χ4v) is 3.29. The number of ether oxygens (including phenoxy) is 2. The van der Waals surface area contributed by atoms with Crippen molar-refractivity contribution in [1.29, 1.82) is 0 Å². The third-order valence-corrected chi connectivity index (χ3v) is 5.34. The number of nitrogens with two attached hydrogens (primary N) is 1. The van der Waals surface area contributed by atoms with Crippen molar-refractivity contribution < 1.29 is 40.6 Å². The molecule has 0 bridgehead atoms. The minimum Gasteiger partial charge on any atom is -0.433 e. The highest BCUT2D eigenvalue weighted by molar-refractivity contribution is 6.04. The van der Waals surface area contributed by atoms with E-state index in [2.05, 4.69) is 20.0 Å². The van der Waals surface area contributed by atoms with Crippen LogP contribution in [0.5, 0.6) is 5.75 Å². The largest absolute Gasteiger partial charge is 0.433 e. The molecule has 1 amide bonds. The van der Waals surface area contributed by atoms with Crippen LogP contribution in [0.25, 0.3) is 0 Å². The third kappa shape index (κ3) is 4.79. The molecule has 0 radical (unpaired) electrons. The Bertz CT molecular complexity index is 1140. The van der Waals surface area contributed by atoms with Crippen LogP contribution in [0.2, 0.25) is 0 Å². The number of halogens is 6. The summed E-state index contributed by atoms with van der Waals surface area (Å²) in [5.74, 6) is -2.65. The first-order chi connectivity index (χ1) is 15.7. The molecule has 0 aliphatic carbocycles. The van der Waals surface area contributed by atoms with Crippen LogP contribution in [-0.4, -0.2) is 41.7 Å². The number of amides is 1. The number of alkyl halides is 5. The van der Waals surface area contributed by atoms with Gasteiger partial charge in [0.1, 0.15) is 28.6 Å². The predicted molar refractivity (Wildman–Crippen MR) is 109 cm³/mol. The molecule has 0 fully saturated rings. The molecule has 2 heterocycles. The maximum Gasteiger partial charge on any atom is 0.424 e. The number of nitrogens with zero attached hydrogens (tertiary/aromatic N) is 2. The number of hydrogen-bond donors (Lipinski definition) is 2. The Kier molecular flexibility index (Phi) is 6.53.